The van der Waals surface area contributed by atoms with Gasteiger partial charge in [-0.3, -0.25) is 19.9 Å². The van der Waals surface area contributed by atoms with Crippen LogP contribution in [-0.2, 0) is 35.9 Å². The molecule has 11 nitrogen and oxygen atoms in total. The van der Waals surface area contributed by atoms with Crippen LogP contribution in [0.4, 0.5) is 0 Å². The van der Waals surface area contributed by atoms with Gasteiger partial charge < -0.3 is 30.3 Å². The molecule has 5 N–H and O–H groups in total. The Bertz CT molecular complexity index is 2270. The number of hydrogen-bond donors (Lipinski definition) is 5. The Balaban J connectivity index is 1.20. The van der Waals surface area contributed by atoms with Crippen LogP contribution in [0.5, 0.6) is 11.5 Å². The fourth-order valence-corrected chi connectivity index (χ4v) is 6.82. The number of hydrogen-bond acceptors (Lipinski definition) is 9. The lowest BCUT2D eigenvalue weighted by molar-refractivity contribution is -0.146. The lowest BCUT2D eigenvalue weighted by atomic mass is 9.89. The number of ether oxygens (including phenoxy) is 2. The molecule has 12 heteroatoms. The largest absolute Gasteiger partial charge is 0.488 e. The van der Waals surface area contributed by atoms with Crippen molar-refractivity contribution in [3.63, 3.8) is 0 Å². The van der Waals surface area contributed by atoms with Crippen LogP contribution in [0.15, 0.2) is 91.3 Å². The number of carboxylic acids is 1. The predicted molar refractivity (Wildman–Crippen MR) is 214 cm³/mol. The minimum Gasteiger partial charge on any atom is -0.488 e. The summed E-state index contributed by atoms with van der Waals surface area (Å²) in [4.78, 5) is 27.5. The number of amides is 1. The second-order valence-electron chi connectivity index (χ2n) is 14.2. The van der Waals surface area contributed by atoms with E-state index < -0.39 is 18.1 Å². The second-order valence-corrected chi connectivity index (χ2v) is 14.6. The van der Waals surface area contributed by atoms with Crippen LogP contribution in [0.2, 0.25) is 5.02 Å². The summed E-state index contributed by atoms with van der Waals surface area (Å²) in [5.41, 5.74) is 8.80. The standard InChI is InChI=1S/C44H44ClN5O6/c1-27-33(6-4-8-37(27)38-9-5-7-36(28(38)2)32-12-10-29(11-13-32)21-48-35-16-42(52)49-23-35)25-56-41-17-40(55-24-31-14-30(18-46)19-47-20-31)34(15-39(41)45)22-50-44(3,26-51)43(53)54/h4-15,17,19-20,35,48,50-51H,16,21-26H2,1-3H3,(H,49,52)(H,53,54). The van der Waals surface area contributed by atoms with Gasteiger partial charge in [0.05, 0.1) is 17.2 Å². The topological polar surface area (TPSA) is 166 Å². The van der Waals surface area contributed by atoms with Gasteiger partial charge in [0.25, 0.3) is 0 Å². The molecule has 5 aromatic rings. The zero-order chi connectivity index (χ0) is 39.8. The van der Waals surface area contributed by atoms with Crippen LogP contribution in [-0.4, -0.2) is 51.8 Å². The number of nitriles is 1. The van der Waals surface area contributed by atoms with Gasteiger partial charge in [0.1, 0.15) is 36.3 Å². The van der Waals surface area contributed by atoms with E-state index in [0.717, 1.165) is 44.5 Å². The van der Waals surface area contributed by atoms with E-state index in [4.69, 9.17) is 21.1 Å². The molecule has 1 aromatic heterocycles. The fourth-order valence-electron chi connectivity index (χ4n) is 6.58. The van der Waals surface area contributed by atoms with Gasteiger partial charge in [0, 0.05) is 61.7 Å². The molecule has 1 aliphatic rings. The number of benzene rings is 4. The van der Waals surface area contributed by atoms with Gasteiger partial charge in [-0.2, -0.15) is 5.26 Å². The van der Waals surface area contributed by atoms with Crippen LogP contribution < -0.4 is 25.4 Å². The molecule has 1 saturated heterocycles. The Morgan fingerprint density at radius 2 is 1.64 bits per heavy atom. The molecule has 1 aliphatic heterocycles. The summed E-state index contributed by atoms with van der Waals surface area (Å²) in [6, 6.07) is 28.2. The average Bonchev–Trinajstić information content (AvgIpc) is 3.63. The van der Waals surface area contributed by atoms with E-state index in [-0.39, 0.29) is 31.7 Å². The number of aromatic nitrogens is 1. The molecule has 0 saturated carbocycles. The van der Waals surface area contributed by atoms with Crippen LogP contribution >= 0.6 is 11.6 Å². The minimum absolute atomic E-state index is 0.0254. The van der Waals surface area contributed by atoms with Crippen molar-refractivity contribution in [1.82, 2.24) is 20.9 Å². The quantitative estimate of drug-likeness (QED) is 0.0736. The van der Waals surface area contributed by atoms with E-state index in [2.05, 4.69) is 89.4 Å². The number of carbonyl (C=O) groups excluding carboxylic acids is 1. The molecule has 2 atom stereocenters. The zero-order valence-electron chi connectivity index (χ0n) is 31.5. The van der Waals surface area contributed by atoms with Crippen molar-refractivity contribution in [2.45, 2.75) is 65.1 Å². The number of halogens is 1. The van der Waals surface area contributed by atoms with E-state index in [0.29, 0.717) is 52.7 Å². The highest BCUT2D eigenvalue weighted by Gasteiger charge is 2.32. The lowest BCUT2D eigenvalue weighted by Gasteiger charge is -2.25. The first-order valence-corrected chi connectivity index (χ1v) is 18.6. The van der Waals surface area contributed by atoms with Crippen LogP contribution in [0, 0.1) is 25.2 Å². The third-order valence-corrected chi connectivity index (χ3v) is 10.5. The third-order valence-electron chi connectivity index (χ3n) is 10.2. The smallest absolute Gasteiger partial charge is 0.326 e. The molecule has 2 unspecified atom stereocenters. The van der Waals surface area contributed by atoms with Gasteiger partial charge in [-0.15, -0.1) is 0 Å². The summed E-state index contributed by atoms with van der Waals surface area (Å²) in [6.45, 7) is 6.64. The maximum atomic E-state index is 11.8. The van der Waals surface area contributed by atoms with Crippen molar-refractivity contribution < 1.29 is 29.3 Å². The number of pyridine rings is 1. The Morgan fingerprint density at radius 1 is 0.929 bits per heavy atom. The number of nitrogens with zero attached hydrogens (tertiary/aromatic N) is 2. The lowest BCUT2D eigenvalue weighted by Crippen LogP contribution is -2.52. The van der Waals surface area contributed by atoms with Crippen molar-refractivity contribution in [3.05, 3.63) is 135 Å². The molecule has 4 aromatic carbocycles. The molecule has 1 amide bonds. The van der Waals surface area contributed by atoms with Gasteiger partial charge in [-0.25, -0.2) is 0 Å². The summed E-state index contributed by atoms with van der Waals surface area (Å²) >= 11 is 6.76. The number of carbonyl (C=O) groups is 2. The number of aliphatic hydroxyl groups excluding tert-OH is 1. The number of rotatable bonds is 16. The molecule has 6 rings (SSSR count). The van der Waals surface area contributed by atoms with Crippen molar-refractivity contribution in [3.8, 4) is 39.8 Å². The Kier molecular flexibility index (Phi) is 12.7. The SMILES string of the molecule is Cc1c(COc2cc(OCc3cncc(C#N)c3)c(CNC(C)(CO)C(=O)O)cc2Cl)cccc1-c1cccc(-c2ccc(CNC3CNC(=O)C3)cc2)c1C. The number of carboxylic acid groups (broad SMARTS) is 1. The molecule has 288 valence electrons. The van der Waals surface area contributed by atoms with Crippen molar-refractivity contribution in [2.75, 3.05) is 13.2 Å². The van der Waals surface area contributed by atoms with Crippen LogP contribution in [0.25, 0.3) is 22.3 Å². The first-order valence-electron chi connectivity index (χ1n) is 18.3. The molecule has 1 fully saturated rings. The average molecular weight is 774 g/mol. The summed E-state index contributed by atoms with van der Waals surface area (Å²) < 4.78 is 12.5. The molecule has 56 heavy (non-hydrogen) atoms. The van der Waals surface area contributed by atoms with E-state index in [1.165, 1.54) is 13.1 Å². The number of aliphatic hydroxyl groups is 1. The molecular weight excluding hydrogens is 730 g/mol. The van der Waals surface area contributed by atoms with Gasteiger partial charge in [0.2, 0.25) is 5.91 Å². The number of aliphatic carboxylic acids is 1. The maximum absolute atomic E-state index is 11.8. The predicted octanol–water partition coefficient (Wildman–Crippen LogP) is 6.62. The van der Waals surface area contributed by atoms with Gasteiger partial charge >= 0.3 is 5.97 Å². The molecule has 0 bridgehead atoms. The van der Waals surface area contributed by atoms with Crippen molar-refractivity contribution in [2.24, 2.45) is 0 Å². The molecule has 2 heterocycles. The van der Waals surface area contributed by atoms with Gasteiger partial charge in [-0.1, -0.05) is 72.3 Å². The van der Waals surface area contributed by atoms with E-state index in [1.807, 2.05) is 12.1 Å². The van der Waals surface area contributed by atoms with Crippen LogP contribution in [0.3, 0.4) is 0 Å². The first kappa shape index (κ1) is 39.9. The fraction of sp³-hybridized carbons (Fsp3) is 0.273. The minimum atomic E-state index is -1.59. The highest BCUT2D eigenvalue weighted by molar-refractivity contribution is 6.32. The summed E-state index contributed by atoms with van der Waals surface area (Å²) in [5, 5.41) is 38.3. The molecular formula is C44H44ClN5O6. The Labute approximate surface area is 331 Å². The highest BCUT2D eigenvalue weighted by Crippen LogP contribution is 2.37. The van der Waals surface area contributed by atoms with Crippen molar-refractivity contribution >= 4 is 23.5 Å². The summed E-state index contributed by atoms with van der Waals surface area (Å²) in [7, 11) is 0. The molecule has 0 radical (unpaired) electrons. The Hall–Kier alpha value is -5.77. The first-order chi connectivity index (χ1) is 27.0. The normalized spacial score (nSPS) is 14.8. The summed E-state index contributed by atoms with van der Waals surface area (Å²) in [6.07, 6.45) is 3.57. The van der Waals surface area contributed by atoms with Gasteiger partial charge in [0.15, 0.2) is 0 Å². The second kappa shape index (κ2) is 17.8. The van der Waals surface area contributed by atoms with E-state index >= 15 is 0 Å². The van der Waals surface area contributed by atoms with Gasteiger partial charge in [-0.05, 0) is 77.4 Å². The zero-order valence-corrected chi connectivity index (χ0v) is 32.2. The monoisotopic (exact) mass is 773 g/mol. The van der Waals surface area contributed by atoms with E-state index in [9.17, 15) is 25.1 Å². The highest BCUT2D eigenvalue weighted by atomic mass is 35.5. The number of nitrogens with one attached hydrogen (secondary N) is 3. The van der Waals surface area contributed by atoms with Crippen molar-refractivity contribution in [1.29, 1.82) is 5.26 Å². The third kappa shape index (κ3) is 9.36. The Morgan fingerprint density at radius 3 is 2.34 bits per heavy atom. The molecule has 0 spiro atoms. The summed E-state index contributed by atoms with van der Waals surface area (Å²) in [5.74, 6) is -0.366. The molecule has 0 aliphatic carbocycles. The van der Waals surface area contributed by atoms with E-state index in [1.54, 1.807) is 24.4 Å². The van der Waals surface area contributed by atoms with Crippen LogP contribution in [0.1, 0.15) is 52.3 Å². The maximum Gasteiger partial charge on any atom is 0.326 e.